The third-order valence-corrected chi connectivity index (χ3v) is 5.73. The number of nitrogens with two attached hydrogens (primary N) is 1. The number of piperidine rings is 2. The van der Waals surface area contributed by atoms with Crippen molar-refractivity contribution in [2.75, 3.05) is 36.8 Å². The average molecular weight is 344 g/mol. The van der Waals surface area contributed by atoms with Crippen LogP contribution in [0.3, 0.4) is 0 Å². The van der Waals surface area contributed by atoms with Gasteiger partial charge in [0.1, 0.15) is 18.0 Å². The number of likely N-dealkylation sites (tertiary alicyclic amines) is 1. The largest absolute Gasteiger partial charge is 0.384 e. The number of carbonyl (C=O) groups excluding carboxylic acids is 1. The zero-order valence-corrected chi connectivity index (χ0v) is 14.7. The summed E-state index contributed by atoms with van der Waals surface area (Å²) in [6, 6.07) is 2.89. The number of carbonyl (C=O) groups is 1. The van der Waals surface area contributed by atoms with Gasteiger partial charge in [0, 0.05) is 37.8 Å². The topological polar surface area (TPSA) is 87.4 Å². The molecule has 0 unspecified atom stereocenters. The Morgan fingerprint density at radius 3 is 2.64 bits per heavy atom. The molecule has 2 aliphatic heterocycles. The van der Waals surface area contributed by atoms with Crippen LogP contribution >= 0.6 is 0 Å². The fraction of sp³-hybridized carbons (Fsp3) is 0.722. The van der Waals surface area contributed by atoms with Crippen LogP contribution < -0.4 is 16.0 Å². The van der Waals surface area contributed by atoms with Gasteiger partial charge in [-0.15, -0.1) is 0 Å². The first kappa shape index (κ1) is 16.6. The number of hydrogen-bond acceptors (Lipinski definition) is 6. The fourth-order valence-corrected chi connectivity index (χ4v) is 4.09. The second-order valence-corrected chi connectivity index (χ2v) is 7.64. The van der Waals surface area contributed by atoms with Gasteiger partial charge in [0.2, 0.25) is 5.91 Å². The highest BCUT2D eigenvalue weighted by atomic mass is 16.2. The quantitative estimate of drug-likeness (QED) is 0.848. The molecule has 1 aromatic heterocycles. The molecule has 2 saturated heterocycles. The zero-order valence-electron chi connectivity index (χ0n) is 14.7. The third-order valence-electron chi connectivity index (χ3n) is 5.73. The Balaban J connectivity index is 1.30. The number of anilines is 2. The molecule has 0 spiro atoms. The summed E-state index contributed by atoms with van der Waals surface area (Å²) in [6.45, 7) is 4.01. The van der Waals surface area contributed by atoms with Crippen molar-refractivity contribution < 1.29 is 4.79 Å². The van der Waals surface area contributed by atoms with E-state index in [1.807, 2.05) is 6.07 Å². The summed E-state index contributed by atoms with van der Waals surface area (Å²) in [4.78, 5) is 25.5. The van der Waals surface area contributed by atoms with Gasteiger partial charge in [-0.25, -0.2) is 9.97 Å². The Hall–Kier alpha value is -1.89. The van der Waals surface area contributed by atoms with E-state index in [1.54, 1.807) is 0 Å². The van der Waals surface area contributed by atoms with E-state index in [2.05, 4.69) is 25.1 Å². The molecule has 7 nitrogen and oxygen atoms in total. The average Bonchev–Trinajstić information content (AvgIpc) is 3.46. The lowest BCUT2D eigenvalue weighted by Crippen LogP contribution is -2.51. The number of hydrogen-bond donors (Lipinski definition) is 2. The van der Waals surface area contributed by atoms with Gasteiger partial charge in [-0.2, -0.15) is 0 Å². The van der Waals surface area contributed by atoms with Gasteiger partial charge in [0.05, 0.1) is 5.92 Å². The van der Waals surface area contributed by atoms with Crippen molar-refractivity contribution in [2.45, 2.75) is 50.6 Å². The van der Waals surface area contributed by atoms with Crippen LogP contribution in [0.25, 0.3) is 0 Å². The van der Waals surface area contributed by atoms with Crippen LogP contribution in [0, 0.1) is 5.92 Å². The van der Waals surface area contributed by atoms with Crippen molar-refractivity contribution in [1.29, 1.82) is 0 Å². The normalized spacial score (nSPS) is 25.8. The number of nitrogen functional groups attached to an aromatic ring is 1. The molecular weight excluding hydrogens is 316 g/mol. The number of aromatic nitrogens is 2. The molecule has 3 N–H and O–H groups in total. The predicted molar refractivity (Wildman–Crippen MR) is 97.1 cm³/mol. The monoisotopic (exact) mass is 344 g/mol. The maximum absolute atomic E-state index is 12.4. The Morgan fingerprint density at radius 1 is 1.12 bits per heavy atom. The molecule has 25 heavy (non-hydrogen) atoms. The lowest BCUT2D eigenvalue weighted by molar-refractivity contribution is -0.127. The van der Waals surface area contributed by atoms with E-state index >= 15 is 0 Å². The third kappa shape index (κ3) is 4.03. The summed E-state index contributed by atoms with van der Waals surface area (Å²) in [5.74, 6) is 1.90. The highest BCUT2D eigenvalue weighted by Gasteiger charge is 2.33. The van der Waals surface area contributed by atoms with Crippen molar-refractivity contribution in [3.63, 3.8) is 0 Å². The molecule has 1 aliphatic carbocycles. The van der Waals surface area contributed by atoms with Gasteiger partial charge >= 0.3 is 0 Å². The smallest absolute Gasteiger partial charge is 0.224 e. The summed E-state index contributed by atoms with van der Waals surface area (Å²) < 4.78 is 0. The molecule has 1 atom stereocenters. The fourth-order valence-electron chi connectivity index (χ4n) is 4.09. The van der Waals surface area contributed by atoms with E-state index in [0.29, 0.717) is 17.9 Å². The van der Waals surface area contributed by atoms with Crippen LogP contribution in [0.15, 0.2) is 12.4 Å². The molecule has 0 bridgehead atoms. The molecule has 7 heteroatoms. The van der Waals surface area contributed by atoms with Crippen molar-refractivity contribution in [1.82, 2.24) is 20.2 Å². The Labute approximate surface area is 149 Å². The Morgan fingerprint density at radius 2 is 1.92 bits per heavy atom. The summed E-state index contributed by atoms with van der Waals surface area (Å²) in [7, 11) is 0. The van der Waals surface area contributed by atoms with Crippen LogP contribution in [0.1, 0.15) is 38.5 Å². The maximum Gasteiger partial charge on any atom is 0.224 e. The first-order chi connectivity index (χ1) is 12.2. The maximum atomic E-state index is 12.4. The zero-order chi connectivity index (χ0) is 17.2. The van der Waals surface area contributed by atoms with Gasteiger partial charge in [-0.1, -0.05) is 0 Å². The highest BCUT2D eigenvalue weighted by Crippen LogP contribution is 2.27. The van der Waals surface area contributed by atoms with E-state index < -0.39 is 0 Å². The Kier molecular flexibility index (Phi) is 4.74. The highest BCUT2D eigenvalue weighted by molar-refractivity contribution is 5.79. The summed E-state index contributed by atoms with van der Waals surface area (Å²) >= 11 is 0. The van der Waals surface area contributed by atoms with Crippen LogP contribution in [0.4, 0.5) is 11.6 Å². The number of nitrogens with zero attached hydrogens (tertiary/aromatic N) is 4. The Bertz CT molecular complexity index is 611. The molecule has 3 fully saturated rings. The molecule has 4 rings (SSSR count). The summed E-state index contributed by atoms with van der Waals surface area (Å²) in [5, 5.41) is 3.18. The van der Waals surface area contributed by atoms with Crippen LogP contribution in [0.5, 0.6) is 0 Å². The van der Waals surface area contributed by atoms with Gasteiger partial charge in [0.25, 0.3) is 0 Å². The van der Waals surface area contributed by atoms with E-state index in [4.69, 9.17) is 5.73 Å². The first-order valence-corrected chi connectivity index (χ1v) is 9.56. The summed E-state index contributed by atoms with van der Waals surface area (Å²) in [6.07, 6.45) is 8.24. The molecule has 1 saturated carbocycles. The van der Waals surface area contributed by atoms with Gasteiger partial charge in [-0.05, 0) is 45.1 Å². The van der Waals surface area contributed by atoms with Gasteiger partial charge in [-0.3, -0.25) is 9.69 Å². The van der Waals surface area contributed by atoms with Crippen molar-refractivity contribution in [3.05, 3.63) is 12.4 Å². The molecule has 3 aliphatic rings. The first-order valence-electron chi connectivity index (χ1n) is 9.56. The number of rotatable bonds is 4. The lowest BCUT2D eigenvalue weighted by atomic mass is 9.93. The van der Waals surface area contributed by atoms with Crippen molar-refractivity contribution >= 4 is 17.5 Å². The molecule has 1 amide bonds. The SMILES string of the molecule is Nc1cc(N2CCC(N3CCC[C@H](C(=O)NC4CC4)C3)CC2)ncn1. The molecule has 1 aromatic rings. The second kappa shape index (κ2) is 7.15. The minimum absolute atomic E-state index is 0.175. The molecule has 0 aromatic carbocycles. The van der Waals surface area contributed by atoms with E-state index in [1.165, 1.54) is 6.33 Å². The van der Waals surface area contributed by atoms with E-state index in [9.17, 15) is 4.79 Å². The number of amides is 1. The second-order valence-electron chi connectivity index (χ2n) is 7.64. The van der Waals surface area contributed by atoms with Crippen LogP contribution in [-0.4, -0.2) is 59.0 Å². The van der Waals surface area contributed by atoms with Crippen molar-refractivity contribution in [3.8, 4) is 0 Å². The predicted octanol–water partition coefficient (Wildman–Crippen LogP) is 1.02. The minimum Gasteiger partial charge on any atom is -0.384 e. The summed E-state index contributed by atoms with van der Waals surface area (Å²) in [5.41, 5.74) is 5.77. The number of nitrogens with one attached hydrogen (secondary N) is 1. The van der Waals surface area contributed by atoms with Gasteiger partial charge in [0.15, 0.2) is 0 Å². The molecular formula is C18H28N6O. The van der Waals surface area contributed by atoms with Crippen LogP contribution in [-0.2, 0) is 4.79 Å². The minimum atomic E-state index is 0.175. The lowest BCUT2D eigenvalue weighted by Gasteiger charge is -2.42. The van der Waals surface area contributed by atoms with Crippen molar-refractivity contribution in [2.24, 2.45) is 5.92 Å². The van der Waals surface area contributed by atoms with Crippen LogP contribution in [0.2, 0.25) is 0 Å². The molecule has 3 heterocycles. The van der Waals surface area contributed by atoms with Gasteiger partial charge < -0.3 is 16.0 Å². The molecule has 136 valence electrons. The standard InChI is InChI=1S/C18H28N6O/c19-16-10-17(21-12-20-16)23-8-5-15(6-9-23)24-7-1-2-13(11-24)18(25)22-14-3-4-14/h10,12-15H,1-9,11H2,(H,22,25)(H2,19,20,21)/t13-/m0/s1. The van der Waals surface area contributed by atoms with E-state index in [-0.39, 0.29) is 11.8 Å². The van der Waals surface area contributed by atoms with E-state index in [0.717, 1.165) is 70.5 Å². The molecule has 0 radical (unpaired) electrons.